The maximum absolute atomic E-state index is 10.4. The third-order valence-corrected chi connectivity index (χ3v) is 7.32. The minimum atomic E-state index is -0.0652. The number of benzene rings is 2. The predicted octanol–water partition coefficient (Wildman–Crippen LogP) is 3.49. The molecule has 0 radical (unpaired) electrons. The summed E-state index contributed by atoms with van der Waals surface area (Å²) in [6, 6.07) is 11.2. The molecule has 8 nitrogen and oxygen atoms in total. The van der Waals surface area contributed by atoms with Gasteiger partial charge in [0.1, 0.15) is 0 Å². The van der Waals surface area contributed by atoms with E-state index in [0.717, 1.165) is 49.1 Å². The second kappa shape index (κ2) is 10.5. The number of aromatic hydroxyl groups is 1. The largest absolute Gasteiger partial charge is 0.492 e. The number of anilines is 3. The van der Waals surface area contributed by atoms with Crippen molar-refractivity contribution in [3.63, 3.8) is 0 Å². The molecule has 0 atom stereocenters. The number of rotatable bonds is 6. The Morgan fingerprint density at radius 3 is 2.74 bits per heavy atom. The van der Waals surface area contributed by atoms with Gasteiger partial charge in [-0.2, -0.15) is 4.98 Å². The second-order valence-corrected chi connectivity index (χ2v) is 9.97. The molecule has 1 aromatic heterocycles. The molecule has 1 saturated heterocycles. The van der Waals surface area contributed by atoms with Gasteiger partial charge in [-0.15, -0.1) is 0 Å². The molecule has 0 bridgehead atoms. The zero-order chi connectivity index (χ0) is 24.4. The van der Waals surface area contributed by atoms with Crippen molar-refractivity contribution in [1.82, 2.24) is 9.88 Å². The Bertz CT molecular complexity index is 1370. The van der Waals surface area contributed by atoms with E-state index in [1.807, 2.05) is 36.2 Å². The number of hydrogen-bond donors (Lipinski definition) is 2. The van der Waals surface area contributed by atoms with E-state index >= 15 is 0 Å². The fraction of sp³-hybridized carbons (Fsp3) is 0.292. The Kier molecular flexibility index (Phi) is 7.22. The highest BCUT2D eigenvalue weighted by Gasteiger charge is 2.18. The van der Waals surface area contributed by atoms with Gasteiger partial charge in [0.15, 0.2) is 5.13 Å². The van der Waals surface area contributed by atoms with E-state index in [1.165, 1.54) is 11.3 Å². The van der Waals surface area contributed by atoms with Crippen molar-refractivity contribution in [3.8, 4) is 5.88 Å². The van der Waals surface area contributed by atoms with E-state index in [-0.39, 0.29) is 5.88 Å². The maximum atomic E-state index is 10.4. The average Bonchev–Trinajstić information content (AvgIpc) is 3.36. The van der Waals surface area contributed by atoms with E-state index in [4.69, 9.17) is 32.9 Å². The first-order valence-electron chi connectivity index (χ1n) is 11.2. The fourth-order valence-corrected chi connectivity index (χ4v) is 5.21. The first kappa shape index (κ1) is 24.0. The van der Waals surface area contributed by atoms with Crippen LogP contribution in [-0.2, 0) is 4.74 Å². The zero-order valence-corrected chi connectivity index (χ0v) is 21.4. The van der Waals surface area contributed by atoms with Gasteiger partial charge in [-0.1, -0.05) is 46.7 Å². The van der Waals surface area contributed by atoms with E-state index in [2.05, 4.69) is 20.2 Å². The van der Waals surface area contributed by atoms with Crippen molar-refractivity contribution >= 4 is 63.1 Å². The minimum Gasteiger partial charge on any atom is -0.492 e. The molecular weight excluding hydrogens is 507 g/mol. The lowest BCUT2D eigenvalue weighted by Crippen LogP contribution is -2.38. The Labute approximate surface area is 216 Å². The van der Waals surface area contributed by atoms with Crippen molar-refractivity contribution in [2.45, 2.75) is 0 Å². The SMILES string of the molecule is CN1C(=NCCN2CCOCC2)N=c2ccc(=Cc3sc(Nc4c(Cl)cccc4Cl)nc3O)cc21. The summed E-state index contributed by atoms with van der Waals surface area (Å²) < 4.78 is 5.40. The molecule has 2 N–H and O–H groups in total. The Morgan fingerprint density at radius 1 is 1.20 bits per heavy atom. The molecule has 3 aromatic rings. The van der Waals surface area contributed by atoms with Crippen LogP contribution in [0, 0.1) is 0 Å². The molecule has 3 heterocycles. The van der Waals surface area contributed by atoms with Crippen LogP contribution in [0.1, 0.15) is 4.88 Å². The number of ether oxygens (including phenoxy) is 1. The number of halogens is 2. The number of para-hydroxylation sites is 1. The van der Waals surface area contributed by atoms with Gasteiger partial charge >= 0.3 is 0 Å². The highest BCUT2D eigenvalue weighted by atomic mass is 35.5. The van der Waals surface area contributed by atoms with E-state index < -0.39 is 0 Å². The number of hydrogen-bond acceptors (Lipinski definition) is 7. The summed E-state index contributed by atoms with van der Waals surface area (Å²) in [5.41, 5.74) is 1.52. The van der Waals surface area contributed by atoms with Crippen molar-refractivity contribution < 1.29 is 9.84 Å². The van der Waals surface area contributed by atoms with Crippen molar-refractivity contribution in [2.75, 3.05) is 56.7 Å². The van der Waals surface area contributed by atoms with Gasteiger partial charge in [0, 0.05) is 26.7 Å². The standard InChI is InChI=1S/C24H24Cl2N6O2S/c1-31-19-13-15(5-6-18(19)28-23(31)27-7-8-32-9-11-34-12-10-32)14-20-22(33)30-24(35-20)29-21-16(25)3-2-4-17(21)26/h2-6,13-14,33H,7-12H2,1H3,(H,29,30). The number of nitrogens with zero attached hydrogens (tertiary/aromatic N) is 5. The van der Waals surface area contributed by atoms with Gasteiger partial charge in [0.2, 0.25) is 11.8 Å². The van der Waals surface area contributed by atoms with E-state index in [1.54, 1.807) is 18.2 Å². The molecule has 1 fully saturated rings. The molecule has 2 aliphatic rings. The number of morpholine rings is 1. The van der Waals surface area contributed by atoms with Crippen LogP contribution in [0.4, 0.5) is 16.5 Å². The molecule has 0 aliphatic carbocycles. The number of thiazole rings is 1. The van der Waals surface area contributed by atoms with Gasteiger partial charge in [-0.25, -0.2) is 9.98 Å². The highest BCUT2D eigenvalue weighted by Crippen LogP contribution is 2.36. The van der Waals surface area contributed by atoms with Crippen LogP contribution in [0.15, 0.2) is 46.4 Å². The normalized spacial score (nSPS) is 17.6. The summed E-state index contributed by atoms with van der Waals surface area (Å²) in [5, 5.41) is 16.7. The predicted molar refractivity (Wildman–Crippen MR) is 142 cm³/mol. The molecule has 35 heavy (non-hydrogen) atoms. The topological polar surface area (TPSA) is 85.6 Å². The summed E-state index contributed by atoms with van der Waals surface area (Å²) in [6.45, 7) is 5.05. The monoisotopic (exact) mass is 530 g/mol. The van der Waals surface area contributed by atoms with Crippen molar-refractivity contribution in [3.05, 3.63) is 61.9 Å². The maximum Gasteiger partial charge on any atom is 0.231 e. The Balaban J connectivity index is 1.32. The van der Waals surface area contributed by atoms with Crippen LogP contribution in [-0.4, -0.2) is 67.4 Å². The third kappa shape index (κ3) is 5.44. The Morgan fingerprint density at radius 2 is 1.97 bits per heavy atom. The van der Waals surface area contributed by atoms with Crippen LogP contribution < -0.4 is 20.8 Å². The quantitative estimate of drug-likeness (QED) is 0.507. The lowest BCUT2D eigenvalue weighted by Gasteiger charge is -2.25. The van der Waals surface area contributed by atoms with Gasteiger partial charge in [0.25, 0.3) is 0 Å². The first-order chi connectivity index (χ1) is 17.0. The van der Waals surface area contributed by atoms with Crippen LogP contribution in [0.25, 0.3) is 6.08 Å². The number of fused-ring (bicyclic) bond motifs is 1. The molecule has 2 aliphatic heterocycles. The van der Waals surface area contributed by atoms with Crippen molar-refractivity contribution in [1.29, 1.82) is 0 Å². The average molecular weight is 531 g/mol. The lowest BCUT2D eigenvalue weighted by atomic mass is 10.2. The number of nitrogens with one attached hydrogen (secondary N) is 1. The van der Waals surface area contributed by atoms with Crippen LogP contribution in [0.2, 0.25) is 10.0 Å². The second-order valence-electron chi connectivity index (χ2n) is 8.13. The Hall–Kier alpha value is -2.69. The summed E-state index contributed by atoms with van der Waals surface area (Å²) in [4.78, 5) is 18.6. The summed E-state index contributed by atoms with van der Waals surface area (Å²) in [7, 11) is 1.96. The van der Waals surface area contributed by atoms with Gasteiger partial charge in [-0.05, 0) is 35.6 Å². The smallest absolute Gasteiger partial charge is 0.231 e. The molecular formula is C24H24Cl2N6O2S. The van der Waals surface area contributed by atoms with Crippen molar-refractivity contribution in [2.24, 2.45) is 9.98 Å². The summed E-state index contributed by atoms with van der Waals surface area (Å²) >= 11 is 13.8. The molecule has 182 valence electrons. The van der Waals surface area contributed by atoms with Crippen LogP contribution in [0.5, 0.6) is 5.88 Å². The van der Waals surface area contributed by atoms with Crippen LogP contribution >= 0.6 is 34.5 Å². The molecule has 11 heteroatoms. The number of aliphatic imine (C=N–C) groups is 1. The molecule has 0 unspecified atom stereocenters. The number of aromatic nitrogens is 1. The lowest BCUT2D eigenvalue weighted by molar-refractivity contribution is 0.0394. The van der Waals surface area contributed by atoms with Gasteiger partial charge < -0.3 is 20.1 Å². The summed E-state index contributed by atoms with van der Waals surface area (Å²) in [6.07, 6.45) is 1.88. The minimum absolute atomic E-state index is 0.0652. The van der Waals surface area contributed by atoms with Gasteiger partial charge in [0.05, 0.1) is 51.4 Å². The third-order valence-electron chi connectivity index (χ3n) is 5.78. The van der Waals surface area contributed by atoms with Crippen LogP contribution in [0.3, 0.4) is 0 Å². The molecule has 0 amide bonds. The first-order valence-corrected chi connectivity index (χ1v) is 12.7. The molecule has 0 saturated carbocycles. The van der Waals surface area contributed by atoms with E-state index in [9.17, 15) is 5.11 Å². The molecule has 5 rings (SSSR count). The fourth-order valence-electron chi connectivity index (χ4n) is 3.89. The highest BCUT2D eigenvalue weighted by molar-refractivity contribution is 7.16. The summed E-state index contributed by atoms with van der Waals surface area (Å²) in [5.74, 6) is 0.638. The van der Waals surface area contributed by atoms with Gasteiger partial charge in [-0.3, -0.25) is 4.90 Å². The zero-order valence-electron chi connectivity index (χ0n) is 19.0. The molecule has 0 spiro atoms. The van der Waals surface area contributed by atoms with E-state index in [0.29, 0.717) is 38.2 Å². The number of guanidine groups is 1. The molecule has 2 aromatic carbocycles.